The predicted octanol–water partition coefficient (Wildman–Crippen LogP) is 0.977. The van der Waals surface area contributed by atoms with Gasteiger partial charge >= 0.3 is 0 Å². The van der Waals surface area contributed by atoms with Crippen LogP contribution in [-0.4, -0.2) is 21.7 Å². The highest BCUT2D eigenvalue weighted by molar-refractivity contribution is 7.79. The van der Waals surface area contributed by atoms with Crippen molar-refractivity contribution in [1.82, 2.24) is 0 Å². The third kappa shape index (κ3) is 3.43. The van der Waals surface area contributed by atoms with Crippen LogP contribution in [0.3, 0.4) is 0 Å². The second-order valence-electron chi connectivity index (χ2n) is 2.45. The zero-order valence-electron chi connectivity index (χ0n) is 7.24. The summed E-state index contributed by atoms with van der Waals surface area (Å²) in [6.45, 7) is 0. The van der Waals surface area contributed by atoms with Crippen molar-refractivity contribution in [3.05, 3.63) is 24.3 Å². The molecule has 0 amide bonds. The average molecular weight is 199 g/mol. The maximum absolute atomic E-state index is 10.2. The molecule has 4 nitrogen and oxygen atoms in total. The van der Waals surface area contributed by atoms with Crippen LogP contribution in [0.15, 0.2) is 24.3 Å². The van der Waals surface area contributed by atoms with Crippen molar-refractivity contribution in [2.24, 2.45) is 0 Å². The van der Waals surface area contributed by atoms with Crippen molar-refractivity contribution in [2.45, 2.75) is 0 Å². The Morgan fingerprint density at radius 2 is 1.85 bits per heavy atom. The number of hydrogen-bond donors (Lipinski definition) is 2. The van der Waals surface area contributed by atoms with Crippen LogP contribution in [-0.2, 0) is 11.1 Å². The molecule has 0 aliphatic rings. The maximum atomic E-state index is 10.2. The SMILES string of the molecule is CNc1ccc(NCS(=O)[O-])cc1. The Kier molecular flexibility index (Phi) is 3.72. The first kappa shape index (κ1) is 10.0. The van der Waals surface area contributed by atoms with E-state index in [1.807, 2.05) is 31.3 Å². The lowest BCUT2D eigenvalue weighted by atomic mass is 10.3. The molecule has 0 saturated carbocycles. The van der Waals surface area contributed by atoms with Crippen LogP contribution < -0.4 is 10.6 Å². The fraction of sp³-hybridized carbons (Fsp3) is 0.250. The summed E-state index contributed by atoms with van der Waals surface area (Å²) in [6.07, 6.45) is 0. The maximum Gasteiger partial charge on any atom is 0.0777 e. The summed E-state index contributed by atoms with van der Waals surface area (Å²) in [5.74, 6) is -0.0566. The van der Waals surface area contributed by atoms with Gasteiger partial charge in [0, 0.05) is 18.4 Å². The van der Waals surface area contributed by atoms with Gasteiger partial charge in [0.05, 0.1) is 5.88 Å². The molecule has 0 heterocycles. The summed E-state index contributed by atoms with van der Waals surface area (Å²) in [5.41, 5.74) is 1.79. The van der Waals surface area contributed by atoms with Gasteiger partial charge in [0.15, 0.2) is 0 Å². The molecule has 5 heteroatoms. The quantitative estimate of drug-likeness (QED) is 0.709. The van der Waals surface area contributed by atoms with Crippen molar-refractivity contribution in [2.75, 3.05) is 23.6 Å². The first-order valence-corrected chi connectivity index (χ1v) is 5.04. The molecule has 1 aromatic carbocycles. The van der Waals surface area contributed by atoms with E-state index in [0.717, 1.165) is 11.4 Å². The van der Waals surface area contributed by atoms with Crippen LogP contribution in [0, 0.1) is 0 Å². The van der Waals surface area contributed by atoms with Gasteiger partial charge in [-0.15, -0.1) is 0 Å². The van der Waals surface area contributed by atoms with E-state index in [-0.39, 0.29) is 5.88 Å². The normalized spacial score (nSPS) is 12.2. The molecule has 0 aliphatic heterocycles. The van der Waals surface area contributed by atoms with Crippen molar-refractivity contribution in [3.8, 4) is 0 Å². The van der Waals surface area contributed by atoms with Gasteiger partial charge in [-0.2, -0.15) is 0 Å². The molecule has 0 fully saturated rings. The third-order valence-electron chi connectivity index (χ3n) is 1.57. The van der Waals surface area contributed by atoms with Crippen LogP contribution in [0.1, 0.15) is 0 Å². The Morgan fingerprint density at radius 3 is 2.31 bits per heavy atom. The molecule has 2 N–H and O–H groups in total. The predicted molar refractivity (Wildman–Crippen MR) is 53.4 cm³/mol. The van der Waals surface area contributed by atoms with E-state index in [0.29, 0.717) is 0 Å². The fourth-order valence-corrected chi connectivity index (χ4v) is 1.18. The monoisotopic (exact) mass is 199 g/mol. The number of benzene rings is 1. The Hall–Kier alpha value is -1.07. The number of anilines is 2. The van der Waals surface area contributed by atoms with Crippen molar-refractivity contribution in [3.63, 3.8) is 0 Å². The van der Waals surface area contributed by atoms with E-state index in [1.54, 1.807) is 0 Å². The Labute approximate surface area is 79.6 Å². The zero-order chi connectivity index (χ0) is 9.68. The van der Waals surface area contributed by atoms with Gasteiger partial charge in [-0.3, -0.25) is 4.21 Å². The smallest absolute Gasteiger partial charge is 0.0777 e. The molecule has 0 saturated heterocycles. The first-order valence-electron chi connectivity index (χ1n) is 3.80. The van der Waals surface area contributed by atoms with E-state index in [2.05, 4.69) is 10.6 Å². The Balaban J connectivity index is 2.54. The summed E-state index contributed by atoms with van der Waals surface area (Å²) >= 11 is -2.05. The van der Waals surface area contributed by atoms with E-state index in [4.69, 9.17) is 0 Å². The highest BCUT2D eigenvalue weighted by Crippen LogP contribution is 2.12. The Bertz CT molecular complexity index is 287. The molecule has 1 atom stereocenters. The van der Waals surface area contributed by atoms with E-state index in [1.165, 1.54) is 0 Å². The van der Waals surface area contributed by atoms with Crippen molar-refractivity contribution < 1.29 is 8.76 Å². The Morgan fingerprint density at radius 1 is 1.31 bits per heavy atom. The van der Waals surface area contributed by atoms with Gasteiger partial charge < -0.3 is 15.2 Å². The molecule has 72 valence electrons. The van der Waals surface area contributed by atoms with Gasteiger partial charge in [0.1, 0.15) is 0 Å². The zero-order valence-corrected chi connectivity index (χ0v) is 8.06. The van der Waals surface area contributed by atoms with E-state index >= 15 is 0 Å². The molecule has 1 rings (SSSR count). The summed E-state index contributed by atoms with van der Waals surface area (Å²) in [4.78, 5) is 0. The summed E-state index contributed by atoms with van der Waals surface area (Å²) in [5, 5.41) is 5.72. The van der Waals surface area contributed by atoms with Crippen LogP contribution >= 0.6 is 0 Å². The molecule has 1 aromatic rings. The van der Waals surface area contributed by atoms with Crippen molar-refractivity contribution in [1.29, 1.82) is 0 Å². The minimum atomic E-state index is -2.05. The van der Waals surface area contributed by atoms with E-state index < -0.39 is 11.1 Å². The largest absolute Gasteiger partial charge is 0.771 e. The summed E-state index contributed by atoms with van der Waals surface area (Å²) in [7, 11) is 1.83. The minimum absolute atomic E-state index is 0.0566. The lowest BCUT2D eigenvalue weighted by molar-refractivity contribution is 0.539. The first-order chi connectivity index (χ1) is 6.22. The van der Waals surface area contributed by atoms with Crippen LogP contribution in [0.25, 0.3) is 0 Å². The third-order valence-corrected chi connectivity index (χ3v) is 1.95. The topological polar surface area (TPSA) is 64.2 Å². The van der Waals surface area contributed by atoms with E-state index in [9.17, 15) is 8.76 Å². The lowest BCUT2D eigenvalue weighted by Gasteiger charge is -2.08. The van der Waals surface area contributed by atoms with Crippen molar-refractivity contribution >= 4 is 22.5 Å². The second-order valence-corrected chi connectivity index (χ2v) is 3.35. The van der Waals surface area contributed by atoms with Gasteiger partial charge in [-0.05, 0) is 35.3 Å². The van der Waals surface area contributed by atoms with Gasteiger partial charge in [-0.25, -0.2) is 0 Å². The molecular formula is C8H11N2O2S-. The van der Waals surface area contributed by atoms with Crippen LogP contribution in [0.4, 0.5) is 11.4 Å². The second kappa shape index (κ2) is 4.84. The molecule has 0 aliphatic carbocycles. The molecular weight excluding hydrogens is 188 g/mol. The standard InChI is InChI=1S/C8H12N2O2S/c1-9-7-2-4-8(5-3-7)10-6-13(11)12/h2-5,9-10H,6H2,1H3,(H,11,12)/p-1. The molecule has 0 spiro atoms. The van der Waals surface area contributed by atoms with Gasteiger partial charge in [-0.1, -0.05) is 0 Å². The van der Waals surface area contributed by atoms with Gasteiger partial charge in [0.25, 0.3) is 0 Å². The van der Waals surface area contributed by atoms with Gasteiger partial charge in [0.2, 0.25) is 0 Å². The van der Waals surface area contributed by atoms with Crippen LogP contribution in [0.5, 0.6) is 0 Å². The van der Waals surface area contributed by atoms with Crippen LogP contribution in [0.2, 0.25) is 0 Å². The summed E-state index contributed by atoms with van der Waals surface area (Å²) < 4.78 is 20.4. The number of nitrogens with one attached hydrogen (secondary N) is 2. The molecule has 0 radical (unpaired) electrons. The lowest BCUT2D eigenvalue weighted by Crippen LogP contribution is -2.06. The molecule has 0 bridgehead atoms. The fourth-order valence-electron chi connectivity index (χ4n) is 0.897. The highest BCUT2D eigenvalue weighted by Gasteiger charge is 1.91. The number of rotatable bonds is 4. The average Bonchev–Trinajstić information content (AvgIpc) is 2.15. The molecule has 13 heavy (non-hydrogen) atoms. The minimum Gasteiger partial charge on any atom is -0.771 e. The highest BCUT2D eigenvalue weighted by atomic mass is 32.2. The molecule has 0 aromatic heterocycles. The molecule has 1 unspecified atom stereocenters. The number of hydrogen-bond acceptors (Lipinski definition) is 4. The summed E-state index contributed by atoms with van der Waals surface area (Å²) in [6, 6.07) is 7.38.